The van der Waals surface area contributed by atoms with Gasteiger partial charge >= 0.3 is 0 Å². The Hall–Kier alpha value is -0.0400. The molecule has 19 heavy (non-hydrogen) atoms. The molecule has 0 aromatic heterocycles. The molecule has 0 amide bonds. The van der Waals surface area contributed by atoms with Crippen LogP contribution in [0, 0.1) is 23.2 Å². The van der Waals surface area contributed by atoms with E-state index in [2.05, 4.69) is 46.4 Å². The number of unbranched alkanes of at least 4 members (excludes halogenated alkanes) is 2. The van der Waals surface area contributed by atoms with E-state index in [9.17, 15) is 0 Å². The summed E-state index contributed by atoms with van der Waals surface area (Å²) in [5.74, 6) is 2.75. The first-order chi connectivity index (χ1) is 8.84. The van der Waals surface area contributed by atoms with Crippen molar-refractivity contribution in [2.45, 2.75) is 73.6 Å². The van der Waals surface area contributed by atoms with Crippen LogP contribution in [0.4, 0.5) is 0 Å². The topological polar surface area (TPSA) is 3.24 Å². The molecule has 1 saturated heterocycles. The Labute approximate surface area is 122 Å². The number of likely N-dealkylation sites (tertiary alicyclic amines) is 1. The highest BCUT2D eigenvalue weighted by molar-refractivity contribution is 4.87. The largest absolute Gasteiger partial charge is 0.303 e. The van der Waals surface area contributed by atoms with Gasteiger partial charge in [-0.3, -0.25) is 0 Å². The Balaban J connectivity index is 1.98. The molecule has 1 atom stereocenters. The van der Waals surface area contributed by atoms with Gasteiger partial charge in [-0.15, -0.1) is 0 Å². The van der Waals surface area contributed by atoms with Gasteiger partial charge < -0.3 is 4.90 Å². The monoisotopic (exact) mass is 267 g/mol. The highest BCUT2D eigenvalue weighted by atomic mass is 15.2. The molecule has 1 nitrogen and oxygen atoms in total. The maximum absolute atomic E-state index is 2.65. The van der Waals surface area contributed by atoms with Crippen molar-refractivity contribution in [3.05, 3.63) is 0 Å². The van der Waals surface area contributed by atoms with E-state index < -0.39 is 0 Å². The average molecular weight is 268 g/mol. The summed E-state index contributed by atoms with van der Waals surface area (Å²) in [6.07, 6.45) is 7.08. The summed E-state index contributed by atoms with van der Waals surface area (Å²) in [5.41, 5.74) is 0.516. The van der Waals surface area contributed by atoms with Gasteiger partial charge in [0.1, 0.15) is 0 Å². The molecule has 0 aromatic carbocycles. The van der Waals surface area contributed by atoms with Gasteiger partial charge in [0.05, 0.1) is 0 Å². The van der Waals surface area contributed by atoms with Gasteiger partial charge in [-0.05, 0) is 36.1 Å². The van der Waals surface area contributed by atoms with Gasteiger partial charge in [0.15, 0.2) is 0 Å². The lowest BCUT2D eigenvalue weighted by atomic mass is 9.76. The zero-order valence-electron chi connectivity index (χ0n) is 14.3. The summed E-state index contributed by atoms with van der Waals surface area (Å²) in [6.45, 7) is 18.3. The molecular weight excluding hydrogens is 230 g/mol. The van der Waals surface area contributed by atoms with Gasteiger partial charge in [-0.1, -0.05) is 67.2 Å². The molecule has 0 N–H and O–H groups in total. The van der Waals surface area contributed by atoms with Crippen LogP contribution in [0.15, 0.2) is 0 Å². The fraction of sp³-hybridized carbons (Fsp3) is 1.00. The summed E-state index contributed by atoms with van der Waals surface area (Å²) in [6, 6.07) is 0. The minimum atomic E-state index is 0.516. The predicted octanol–water partition coefficient (Wildman–Crippen LogP) is 5.21. The first kappa shape index (κ1) is 17.0. The molecule has 0 aliphatic carbocycles. The fourth-order valence-electron chi connectivity index (χ4n) is 3.23. The standard InChI is InChI=1S/C18H37N/c1-7-16(15(2)3)11-9-8-10-12-19-13-17(14-19)18(4,5)6/h15-17H,7-14H2,1-6H3. The second kappa shape index (κ2) is 7.67. The fourth-order valence-corrected chi connectivity index (χ4v) is 3.23. The van der Waals surface area contributed by atoms with Gasteiger partial charge in [0.2, 0.25) is 0 Å². The van der Waals surface area contributed by atoms with E-state index in [0.29, 0.717) is 5.41 Å². The van der Waals surface area contributed by atoms with E-state index in [0.717, 1.165) is 17.8 Å². The third-order valence-electron chi connectivity index (χ3n) is 5.20. The summed E-state index contributed by atoms with van der Waals surface area (Å²) >= 11 is 0. The molecule has 0 saturated carbocycles. The highest BCUT2D eigenvalue weighted by Crippen LogP contribution is 2.33. The van der Waals surface area contributed by atoms with E-state index >= 15 is 0 Å². The molecule has 1 rings (SSSR count). The minimum absolute atomic E-state index is 0.516. The van der Waals surface area contributed by atoms with Crippen molar-refractivity contribution < 1.29 is 0 Å². The van der Waals surface area contributed by atoms with Crippen LogP contribution in [-0.4, -0.2) is 24.5 Å². The third kappa shape index (κ3) is 5.85. The van der Waals surface area contributed by atoms with Crippen molar-refractivity contribution in [2.24, 2.45) is 23.2 Å². The maximum Gasteiger partial charge on any atom is 0.00270 e. The van der Waals surface area contributed by atoms with Crippen LogP contribution < -0.4 is 0 Å². The Morgan fingerprint density at radius 1 is 1.05 bits per heavy atom. The van der Waals surface area contributed by atoms with Crippen molar-refractivity contribution in [2.75, 3.05) is 19.6 Å². The number of nitrogens with zero attached hydrogens (tertiary/aromatic N) is 1. The molecule has 0 radical (unpaired) electrons. The quantitative estimate of drug-likeness (QED) is 0.546. The SMILES string of the molecule is CCC(CCCCCN1CC(C(C)(C)C)C1)C(C)C. The van der Waals surface area contributed by atoms with E-state index in [4.69, 9.17) is 0 Å². The first-order valence-corrected chi connectivity index (χ1v) is 8.57. The lowest BCUT2D eigenvalue weighted by Gasteiger charge is -2.46. The summed E-state index contributed by atoms with van der Waals surface area (Å²) in [4.78, 5) is 2.65. The van der Waals surface area contributed by atoms with E-state index in [1.165, 1.54) is 51.7 Å². The van der Waals surface area contributed by atoms with E-state index in [-0.39, 0.29) is 0 Å². The van der Waals surface area contributed by atoms with Crippen molar-refractivity contribution in [3.8, 4) is 0 Å². The molecule has 114 valence electrons. The maximum atomic E-state index is 2.65. The molecule has 1 heteroatoms. The second-order valence-electron chi connectivity index (χ2n) is 8.08. The smallest absolute Gasteiger partial charge is 0.00270 e. The Bertz CT molecular complexity index is 233. The molecule has 1 heterocycles. The zero-order chi connectivity index (χ0) is 14.5. The summed E-state index contributed by atoms with van der Waals surface area (Å²) < 4.78 is 0. The molecule has 0 spiro atoms. The van der Waals surface area contributed by atoms with Crippen molar-refractivity contribution in [1.82, 2.24) is 4.90 Å². The molecule has 1 aliphatic rings. The first-order valence-electron chi connectivity index (χ1n) is 8.57. The van der Waals surface area contributed by atoms with Gasteiger partial charge in [-0.25, -0.2) is 0 Å². The van der Waals surface area contributed by atoms with Crippen LogP contribution in [-0.2, 0) is 0 Å². The van der Waals surface area contributed by atoms with Crippen molar-refractivity contribution >= 4 is 0 Å². The molecule has 0 aromatic rings. The lowest BCUT2D eigenvalue weighted by molar-refractivity contribution is 0.0238. The Morgan fingerprint density at radius 3 is 2.16 bits per heavy atom. The molecule has 1 fully saturated rings. The predicted molar refractivity (Wildman–Crippen MR) is 86.5 cm³/mol. The summed E-state index contributed by atoms with van der Waals surface area (Å²) in [5, 5.41) is 0. The highest BCUT2D eigenvalue weighted by Gasteiger charge is 2.34. The zero-order valence-corrected chi connectivity index (χ0v) is 14.3. The Kier molecular flexibility index (Phi) is 6.86. The van der Waals surface area contributed by atoms with E-state index in [1.807, 2.05) is 0 Å². The van der Waals surface area contributed by atoms with Crippen molar-refractivity contribution in [3.63, 3.8) is 0 Å². The van der Waals surface area contributed by atoms with Crippen LogP contribution >= 0.6 is 0 Å². The van der Waals surface area contributed by atoms with Gasteiger partial charge in [-0.2, -0.15) is 0 Å². The van der Waals surface area contributed by atoms with Crippen LogP contribution in [0.3, 0.4) is 0 Å². The number of hydrogen-bond donors (Lipinski definition) is 0. The van der Waals surface area contributed by atoms with Crippen molar-refractivity contribution in [1.29, 1.82) is 0 Å². The molecule has 1 unspecified atom stereocenters. The molecule has 1 aliphatic heterocycles. The average Bonchev–Trinajstić information content (AvgIpc) is 2.22. The van der Waals surface area contributed by atoms with Gasteiger partial charge in [0, 0.05) is 13.1 Å². The van der Waals surface area contributed by atoms with Crippen LogP contribution in [0.2, 0.25) is 0 Å². The second-order valence-corrected chi connectivity index (χ2v) is 8.08. The minimum Gasteiger partial charge on any atom is -0.303 e. The number of rotatable bonds is 8. The summed E-state index contributed by atoms with van der Waals surface area (Å²) in [7, 11) is 0. The molecule has 0 bridgehead atoms. The lowest BCUT2D eigenvalue weighted by Crippen LogP contribution is -2.52. The van der Waals surface area contributed by atoms with Crippen LogP contribution in [0.1, 0.15) is 73.6 Å². The Morgan fingerprint density at radius 2 is 1.68 bits per heavy atom. The van der Waals surface area contributed by atoms with E-state index in [1.54, 1.807) is 0 Å². The van der Waals surface area contributed by atoms with Crippen LogP contribution in [0.25, 0.3) is 0 Å². The van der Waals surface area contributed by atoms with Crippen LogP contribution in [0.5, 0.6) is 0 Å². The molecular formula is C18H37N. The normalized spacial score (nSPS) is 19.7. The third-order valence-corrected chi connectivity index (χ3v) is 5.20. The number of hydrogen-bond acceptors (Lipinski definition) is 1. The van der Waals surface area contributed by atoms with Gasteiger partial charge in [0.25, 0.3) is 0 Å².